The van der Waals surface area contributed by atoms with Gasteiger partial charge in [0, 0.05) is 6.08 Å². The molecular weight excluding hydrogens is 290 g/mol. The van der Waals surface area contributed by atoms with E-state index in [1.165, 1.54) is 40.4 Å². The number of carbonyl (C=O) groups is 2. The smallest absolute Gasteiger partial charge is 0.331 e. The highest BCUT2D eigenvalue weighted by Crippen LogP contribution is 2.38. The Morgan fingerprint density at radius 2 is 1.64 bits per heavy atom. The molecule has 0 bridgehead atoms. The molecular formula is C15H19NO6. The Labute approximate surface area is 128 Å². The molecule has 22 heavy (non-hydrogen) atoms. The number of primary amides is 1. The van der Waals surface area contributed by atoms with Crippen LogP contribution in [0.4, 0.5) is 0 Å². The molecule has 0 aromatic heterocycles. The SMILES string of the molecule is COc1cc(/C=C/C(=O)O[C@H](C)C(N)=O)cc(OC)c1OC. The van der Waals surface area contributed by atoms with Crippen molar-refractivity contribution in [2.24, 2.45) is 5.73 Å². The van der Waals surface area contributed by atoms with E-state index in [0.717, 1.165) is 0 Å². The molecule has 1 aromatic carbocycles. The zero-order valence-electron chi connectivity index (χ0n) is 12.9. The first-order valence-corrected chi connectivity index (χ1v) is 6.41. The maximum atomic E-state index is 11.6. The van der Waals surface area contributed by atoms with Crippen LogP contribution in [0.1, 0.15) is 12.5 Å². The number of esters is 1. The monoisotopic (exact) mass is 309 g/mol. The Morgan fingerprint density at radius 1 is 1.09 bits per heavy atom. The molecule has 1 rings (SSSR count). The molecule has 1 aromatic rings. The van der Waals surface area contributed by atoms with Crippen molar-refractivity contribution in [3.63, 3.8) is 0 Å². The molecule has 0 heterocycles. The Balaban J connectivity index is 2.96. The fourth-order valence-electron chi connectivity index (χ4n) is 1.63. The Hall–Kier alpha value is -2.70. The second-order valence-electron chi connectivity index (χ2n) is 4.27. The third-order valence-corrected chi connectivity index (χ3v) is 2.79. The molecule has 0 saturated heterocycles. The van der Waals surface area contributed by atoms with Gasteiger partial charge in [-0.05, 0) is 30.7 Å². The Kier molecular flexibility index (Phi) is 6.25. The van der Waals surface area contributed by atoms with E-state index in [2.05, 4.69) is 0 Å². The minimum atomic E-state index is -0.989. The summed E-state index contributed by atoms with van der Waals surface area (Å²) in [6, 6.07) is 3.34. The number of ether oxygens (including phenoxy) is 4. The van der Waals surface area contributed by atoms with Crippen molar-refractivity contribution in [2.45, 2.75) is 13.0 Å². The molecule has 0 aliphatic carbocycles. The van der Waals surface area contributed by atoms with Crippen molar-refractivity contribution in [1.82, 2.24) is 0 Å². The van der Waals surface area contributed by atoms with Gasteiger partial charge in [0.1, 0.15) is 0 Å². The second kappa shape index (κ2) is 7.92. The Morgan fingerprint density at radius 3 is 2.05 bits per heavy atom. The maximum absolute atomic E-state index is 11.6. The molecule has 1 amide bonds. The van der Waals surface area contributed by atoms with Crippen LogP contribution in [-0.4, -0.2) is 39.3 Å². The van der Waals surface area contributed by atoms with Crippen LogP contribution in [0.25, 0.3) is 6.08 Å². The first kappa shape index (κ1) is 17.4. The number of carbonyl (C=O) groups excluding carboxylic acids is 2. The zero-order chi connectivity index (χ0) is 16.7. The number of benzene rings is 1. The van der Waals surface area contributed by atoms with Crippen LogP contribution in [-0.2, 0) is 14.3 Å². The van der Waals surface area contributed by atoms with E-state index in [-0.39, 0.29) is 0 Å². The highest BCUT2D eigenvalue weighted by atomic mass is 16.5. The predicted octanol–water partition coefficient (Wildman–Crippen LogP) is 1.14. The summed E-state index contributed by atoms with van der Waals surface area (Å²) in [6.07, 6.45) is 1.69. The third-order valence-electron chi connectivity index (χ3n) is 2.79. The van der Waals surface area contributed by atoms with Crippen LogP contribution in [0.5, 0.6) is 17.2 Å². The zero-order valence-corrected chi connectivity index (χ0v) is 12.9. The quantitative estimate of drug-likeness (QED) is 0.599. The summed E-state index contributed by atoms with van der Waals surface area (Å²) in [7, 11) is 4.49. The second-order valence-corrected chi connectivity index (χ2v) is 4.27. The fourth-order valence-corrected chi connectivity index (χ4v) is 1.63. The summed E-state index contributed by atoms with van der Waals surface area (Å²) in [5.74, 6) is -0.0255. The highest BCUT2D eigenvalue weighted by molar-refractivity contribution is 5.90. The molecule has 0 spiro atoms. The number of hydrogen-bond donors (Lipinski definition) is 1. The summed E-state index contributed by atoms with van der Waals surface area (Å²) < 4.78 is 20.4. The summed E-state index contributed by atoms with van der Waals surface area (Å²) in [5, 5.41) is 0. The average Bonchev–Trinajstić information content (AvgIpc) is 2.51. The van der Waals surface area contributed by atoms with Gasteiger partial charge in [0.05, 0.1) is 21.3 Å². The molecule has 0 radical (unpaired) electrons. The number of methoxy groups -OCH3 is 3. The standard InChI is InChI=1S/C15H19NO6/c1-9(15(16)18)22-13(17)6-5-10-7-11(19-2)14(21-4)12(8-10)20-3/h5-9H,1-4H3,(H2,16,18)/b6-5+/t9-/m1/s1. The molecule has 2 N–H and O–H groups in total. The van der Waals surface area contributed by atoms with Gasteiger partial charge in [-0.15, -0.1) is 0 Å². The van der Waals surface area contributed by atoms with Crippen LogP contribution < -0.4 is 19.9 Å². The number of amides is 1. The topological polar surface area (TPSA) is 97.1 Å². The molecule has 0 aliphatic heterocycles. The first-order valence-electron chi connectivity index (χ1n) is 6.41. The molecule has 1 atom stereocenters. The van der Waals surface area contributed by atoms with Crippen LogP contribution in [0.2, 0.25) is 0 Å². The van der Waals surface area contributed by atoms with E-state index in [1.54, 1.807) is 12.1 Å². The summed E-state index contributed by atoms with van der Waals surface area (Å²) in [6.45, 7) is 1.40. The highest BCUT2D eigenvalue weighted by Gasteiger charge is 2.14. The van der Waals surface area contributed by atoms with E-state index in [9.17, 15) is 9.59 Å². The summed E-state index contributed by atoms with van der Waals surface area (Å²) in [5.41, 5.74) is 5.65. The van der Waals surface area contributed by atoms with Crippen LogP contribution in [0.3, 0.4) is 0 Å². The lowest BCUT2D eigenvalue weighted by Crippen LogP contribution is -2.29. The summed E-state index contributed by atoms with van der Waals surface area (Å²) >= 11 is 0. The van der Waals surface area contributed by atoms with Gasteiger partial charge in [-0.25, -0.2) is 4.79 Å². The van der Waals surface area contributed by atoms with Gasteiger partial charge in [0.25, 0.3) is 5.91 Å². The average molecular weight is 309 g/mol. The lowest BCUT2D eigenvalue weighted by Gasteiger charge is -2.12. The molecule has 0 aliphatic rings. The van der Waals surface area contributed by atoms with E-state index < -0.39 is 18.0 Å². The largest absolute Gasteiger partial charge is 0.493 e. The van der Waals surface area contributed by atoms with Crippen molar-refractivity contribution in [3.8, 4) is 17.2 Å². The van der Waals surface area contributed by atoms with Crippen molar-refractivity contribution >= 4 is 18.0 Å². The van der Waals surface area contributed by atoms with Crippen molar-refractivity contribution < 1.29 is 28.5 Å². The van der Waals surface area contributed by atoms with Gasteiger partial charge in [-0.3, -0.25) is 4.79 Å². The summed E-state index contributed by atoms with van der Waals surface area (Å²) in [4.78, 5) is 22.4. The predicted molar refractivity (Wildman–Crippen MR) is 79.9 cm³/mol. The molecule has 7 heteroatoms. The van der Waals surface area contributed by atoms with Gasteiger partial charge in [0.2, 0.25) is 5.75 Å². The van der Waals surface area contributed by atoms with Crippen LogP contribution >= 0.6 is 0 Å². The molecule has 0 fully saturated rings. The number of rotatable bonds is 7. The third kappa shape index (κ3) is 4.41. The van der Waals surface area contributed by atoms with Gasteiger partial charge in [0.15, 0.2) is 17.6 Å². The van der Waals surface area contributed by atoms with Gasteiger partial charge in [-0.2, -0.15) is 0 Å². The lowest BCUT2D eigenvalue weighted by atomic mass is 10.1. The van der Waals surface area contributed by atoms with E-state index in [4.69, 9.17) is 24.7 Å². The molecule has 7 nitrogen and oxygen atoms in total. The minimum Gasteiger partial charge on any atom is -0.493 e. The minimum absolute atomic E-state index is 0.451. The van der Waals surface area contributed by atoms with Crippen LogP contribution in [0.15, 0.2) is 18.2 Å². The van der Waals surface area contributed by atoms with E-state index in [0.29, 0.717) is 22.8 Å². The first-order chi connectivity index (χ1) is 10.4. The van der Waals surface area contributed by atoms with E-state index in [1.807, 2.05) is 0 Å². The van der Waals surface area contributed by atoms with Gasteiger partial charge < -0.3 is 24.7 Å². The van der Waals surface area contributed by atoms with E-state index >= 15 is 0 Å². The van der Waals surface area contributed by atoms with Crippen LogP contribution in [0, 0.1) is 0 Å². The number of nitrogens with two attached hydrogens (primary N) is 1. The van der Waals surface area contributed by atoms with Gasteiger partial charge in [-0.1, -0.05) is 0 Å². The maximum Gasteiger partial charge on any atom is 0.331 e. The molecule has 0 unspecified atom stereocenters. The molecule has 0 saturated carbocycles. The fraction of sp³-hybridized carbons (Fsp3) is 0.333. The Bertz CT molecular complexity index is 556. The van der Waals surface area contributed by atoms with Crippen molar-refractivity contribution in [3.05, 3.63) is 23.8 Å². The normalized spacial score (nSPS) is 11.8. The lowest BCUT2D eigenvalue weighted by molar-refractivity contribution is -0.148. The van der Waals surface area contributed by atoms with Crippen molar-refractivity contribution in [1.29, 1.82) is 0 Å². The number of hydrogen-bond acceptors (Lipinski definition) is 6. The van der Waals surface area contributed by atoms with Crippen molar-refractivity contribution in [2.75, 3.05) is 21.3 Å². The van der Waals surface area contributed by atoms with Gasteiger partial charge >= 0.3 is 5.97 Å². The molecule has 120 valence electrons.